The maximum atomic E-state index is 13.8. The van der Waals surface area contributed by atoms with E-state index in [0.29, 0.717) is 32.8 Å². The van der Waals surface area contributed by atoms with E-state index in [2.05, 4.69) is 23.7 Å². The van der Waals surface area contributed by atoms with E-state index in [0.717, 1.165) is 22.2 Å². The average molecular weight is 488 g/mol. The van der Waals surface area contributed by atoms with E-state index in [-0.39, 0.29) is 23.9 Å². The Morgan fingerprint density at radius 1 is 1.17 bits per heavy atom. The summed E-state index contributed by atoms with van der Waals surface area (Å²) in [6.07, 6.45) is 3.44. The number of carbonyl (C=O) groups excluding carboxylic acids is 2. The van der Waals surface area contributed by atoms with Gasteiger partial charge in [-0.15, -0.1) is 0 Å². The third-order valence-corrected chi connectivity index (χ3v) is 7.13. The van der Waals surface area contributed by atoms with E-state index in [1.165, 1.54) is 18.1 Å². The van der Waals surface area contributed by atoms with Gasteiger partial charge in [0.15, 0.2) is 5.43 Å². The molecule has 0 radical (unpaired) electrons. The van der Waals surface area contributed by atoms with Crippen LogP contribution in [0.5, 0.6) is 0 Å². The molecule has 0 saturated carbocycles. The van der Waals surface area contributed by atoms with Crippen LogP contribution in [0.1, 0.15) is 43.9 Å². The van der Waals surface area contributed by atoms with Gasteiger partial charge in [0.1, 0.15) is 5.58 Å². The fourth-order valence-electron chi connectivity index (χ4n) is 5.30. The van der Waals surface area contributed by atoms with Crippen LogP contribution in [0, 0.1) is 0 Å². The summed E-state index contributed by atoms with van der Waals surface area (Å²) in [6, 6.07) is 11.0. The molecule has 2 aromatic heterocycles. The quantitative estimate of drug-likeness (QED) is 0.421. The zero-order valence-corrected chi connectivity index (χ0v) is 20.1. The molecule has 0 spiro atoms. The molecule has 1 unspecified atom stereocenters. The second kappa shape index (κ2) is 7.58. The maximum Gasteiger partial charge on any atom is 0.259 e. The highest BCUT2D eigenvalue weighted by atomic mass is 35.5. The summed E-state index contributed by atoms with van der Waals surface area (Å²) >= 11 is 6.19. The number of hydrogen-bond donors (Lipinski definition) is 1. The van der Waals surface area contributed by atoms with Crippen LogP contribution in [-0.2, 0) is 9.59 Å². The van der Waals surface area contributed by atoms with Crippen molar-refractivity contribution in [1.82, 2.24) is 9.47 Å². The molecule has 0 saturated heterocycles. The van der Waals surface area contributed by atoms with Gasteiger partial charge in [-0.3, -0.25) is 19.3 Å². The van der Waals surface area contributed by atoms with Gasteiger partial charge in [-0.2, -0.15) is 0 Å². The third-order valence-electron chi connectivity index (χ3n) is 6.90. The molecule has 35 heavy (non-hydrogen) atoms. The van der Waals surface area contributed by atoms with E-state index in [1.807, 2.05) is 24.4 Å². The molecule has 6 rings (SSSR count). The summed E-state index contributed by atoms with van der Waals surface area (Å²) in [7, 11) is 0. The minimum atomic E-state index is -0.722. The lowest BCUT2D eigenvalue weighted by Crippen LogP contribution is -2.33. The molecule has 176 valence electrons. The summed E-state index contributed by atoms with van der Waals surface area (Å²) in [4.78, 5) is 40.9. The highest BCUT2D eigenvalue weighted by molar-refractivity contribution is 6.31. The van der Waals surface area contributed by atoms with E-state index in [9.17, 15) is 14.4 Å². The second-order valence-electron chi connectivity index (χ2n) is 9.31. The number of rotatable bonds is 2. The van der Waals surface area contributed by atoms with Gasteiger partial charge in [-0.05, 0) is 49.7 Å². The molecule has 4 heterocycles. The van der Waals surface area contributed by atoms with Gasteiger partial charge in [0.2, 0.25) is 5.91 Å². The molecular weight excluding hydrogens is 466 g/mol. The molecule has 0 fully saturated rings. The highest BCUT2D eigenvalue weighted by Crippen LogP contribution is 2.46. The van der Waals surface area contributed by atoms with Crippen molar-refractivity contribution >= 4 is 51.0 Å². The molecule has 0 bridgehead atoms. The SMILES string of the molecule is CC(=O)N1CC2=C(C1=O)C(c1coc3ccc(Cl)cc3c1=O)c1cn(C(C)C)c3cccc(c13)N2. The molecule has 7 nitrogen and oxygen atoms in total. The largest absolute Gasteiger partial charge is 0.464 e. The molecule has 1 N–H and O–H groups in total. The van der Waals surface area contributed by atoms with E-state index >= 15 is 0 Å². The molecule has 2 amide bonds. The first-order chi connectivity index (χ1) is 16.8. The predicted octanol–water partition coefficient (Wildman–Crippen LogP) is 5.18. The zero-order valence-electron chi connectivity index (χ0n) is 19.4. The number of carbonyl (C=O) groups is 2. The normalized spacial score (nSPS) is 17.3. The van der Waals surface area contributed by atoms with Gasteiger partial charge in [0.25, 0.3) is 5.91 Å². The number of hydrogen-bond acceptors (Lipinski definition) is 5. The van der Waals surface area contributed by atoms with Crippen molar-refractivity contribution in [3.63, 3.8) is 0 Å². The van der Waals surface area contributed by atoms with Crippen LogP contribution in [0.2, 0.25) is 5.02 Å². The first-order valence-corrected chi connectivity index (χ1v) is 11.8. The van der Waals surface area contributed by atoms with Crippen LogP contribution >= 0.6 is 11.6 Å². The second-order valence-corrected chi connectivity index (χ2v) is 9.74. The van der Waals surface area contributed by atoms with Crippen molar-refractivity contribution in [3.8, 4) is 0 Å². The molecule has 0 aliphatic carbocycles. The summed E-state index contributed by atoms with van der Waals surface area (Å²) in [5.41, 5.74) is 4.12. The van der Waals surface area contributed by atoms with Gasteiger partial charge < -0.3 is 14.3 Å². The van der Waals surface area contributed by atoms with Crippen molar-refractivity contribution in [2.45, 2.75) is 32.7 Å². The Kier molecular flexibility index (Phi) is 4.70. The Hall–Kier alpha value is -3.84. The van der Waals surface area contributed by atoms with Gasteiger partial charge in [-0.25, -0.2) is 0 Å². The topological polar surface area (TPSA) is 84.6 Å². The smallest absolute Gasteiger partial charge is 0.259 e. The fraction of sp³-hybridized carbons (Fsp3) is 0.222. The number of fused-ring (bicyclic) bond motifs is 1. The summed E-state index contributed by atoms with van der Waals surface area (Å²) in [5.74, 6) is -1.48. The lowest BCUT2D eigenvalue weighted by atomic mass is 9.84. The van der Waals surface area contributed by atoms with Crippen molar-refractivity contribution in [1.29, 1.82) is 0 Å². The van der Waals surface area contributed by atoms with Gasteiger partial charge in [0, 0.05) is 46.5 Å². The number of benzene rings is 2. The van der Waals surface area contributed by atoms with Crippen LogP contribution in [0.25, 0.3) is 21.9 Å². The van der Waals surface area contributed by atoms with Crippen molar-refractivity contribution in [2.75, 3.05) is 11.9 Å². The minimum Gasteiger partial charge on any atom is -0.464 e. The molecule has 2 aliphatic heterocycles. The Balaban J connectivity index is 1.71. The average Bonchev–Trinajstić information content (AvgIpc) is 3.31. The monoisotopic (exact) mass is 487 g/mol. The van der Waals surface area contributed by atoms with E-state index in [4.69, 9.17) is 16.0 Å². The van der Waals surface area contributed by atoms with Crippen molar-refractivity contribution in [3.05, 3.63) is 86.5 Å². The highest BCUT2D eigenvalue weighted by Gasteiger charge is 2.42. The lowest BCUT2D eigenvalue weighted by molar-refractivity contribution is -0.139. The van der Waals surface area contributed by atoms with E-state index < -0.39 is 11.8 Å². The number of nitrogens with zero attached hydrogens (tertiary/aromatic N) is 2. The van der Waals surface area contributed by atoms with E-state index in [1.54, 1.807) is 18.2 Å². The molecular formula is C27H22ClN3O4. The predicted molar refractivity (Wildman–Crippen MR) is 135 cm³/mol. The van der Waals surface area contributed by atoms with Crippen LogP contribution in [0.4, 0.5) is 5.69 Å². The van der Waals surface area contributed by atoms with Gasteiger partial charge in [-0.1, -0.05) is 17.7 Å². The first-order valence-electron chi connectivity index (χ1n) is 11.4. The Morgan fingerprint density at radius 3 is 2.71 bits per heavy atom. The Labute approximate surface area is 205 Å². The van der Waals surface area contributed by atoms with Crippen molar-refractivity contribution < 1.29 is 14.0 Å². The number of halogens is 1. The maximum absolute atomic E-state index is 13.8. The number of nitrogens with one attached hydrogen (secondary N) is 1. The van der Waals surface area contributed by atoms with Crippen LogP contribution < -0.4 is 10.7 Å². The molecule has 1 atom stereocenters. The number of aromatic nitrogens is 1. The molecule has 8 heteroatoms. The summed E-state index contributed by atoms with van der Waals surface area (Å²) in [5, 5.41) is 5.12. The van der Waals surface area contributed by atoms with Crippen LogP contribution in [0.15, 0.2) is 69.3 Å². The molecule has 2 aromatic carbocycles. The molecule has 4 aromatic rings. The number of amides is 2. The lowest BCUT2D eigenvalue weighted by Gasteiger charge is -2.19. The van der Waals surface area contributed by atoms with Crippen LogP contribution in [0.3, 0.4) is 0 Å². The summed E-state index contributed by atoms with van der Waals surface area (Å²) < 4.78 is 8.00. The third kappa shape index (κ3) is 3.08. The zero-order chi connectivity index (χ0) is 24.6. The summed E-state index contributed by atoms with van der Waals surface area (Å²) in [6.45, 7) is 5.65. The Morgan fingerprint density at radius 2 is 1.97 bits per heavy atom. The van der Waals surface area contributed by atoms with Crippen molar-refractivity contribution in [2.24, 2.45) is 0 Å². The van der Waals surface area contributed by atoms with Gasteiger partial charge in [0.05, 0.1) is 35.2 Å². The van der Waals surface area contributed by atoms with Gasteiger partial charge >= 0.3 is 0 Å². The number of anilines is 1. The first kappa shape index (κ1) is 21.7. The number of imide groups is 1. The fourth-order valence-corrected chi connectivity index (χ4v) is 5.47. The standard InChI is InChI=1S/C27H22ClN3O4/c1-13(2)30-10-17-23(18-12-35-22-8-7-15(28)9-16(22)26(18)33)25-20(11-31(14(3)32)27(25)34)29-19-5-4-6-21(30)24(17)19/h4-10,12-13,23,29H,11H2,1-3H3. The Bertz CT molecular complexity index is 1680. The van der Waals surface area contributed by atoms with Crippen LogP contribution in [-0.4, -0.2) is 27.8 Å². The molecule has 2 aliphatic rings. The minimum absolute atomic E-state index is 0.121.